The highest BCUT2D eigenvalue weighted by Gasteiger charge is 2.16. The van der Waals surface area contributed by atoms with Gasteiger partial charge in [-0.25, -0.2) is 0 Å². The van der Waals surface area contributed by atoms with E-state index in [9.17, 15) is 9.59 Å². The summed E-state index contributed by atoms with van der Waals surface area (Å²) in [6.07, 6.45) is 0.149. The molecule has 0 aliphatic heterocycles. The molecule has 0 radical (unpaired) electrons. The van der Waals surface area contributed by atoms with E-state index in [2.05, 4.69) is 5.10 Å². The van der Waals surface area contributed by atoms with E-state index in [0.29, 0.717) is 13.1 Å². The van der Waals surface area contributed by atoms with E-state index in [1.54, 1.807) is 9.58 Å². The topological polar surface area (TPSA) is 81.2 Å². The monoisotopic (exact) mass is 314 g/mol. The summed E-state index contributed by atoms with van der Waals surface area (Å²) in [7, 11) is 0. The maximum Gasteiger partial charge on any atom is 0.244 e. The molecule has 2 aromatic rings. The fourth-order valence-corrected chi connectivity index (χ4v) is 2.40. The Morgan fingerprint density at radius 3 is 2.48 bits per heavy atom. The normalized spacial score (nSPS) is 10.5. The van der Waals surface area contributed by atoms with E-state index in [0.717, 1.165) is 17.0 Å². The lowest BCUT2D eigenvalue weighted by Crippen LogP contribution is -2.36. The van der Waals surface area contributed by atoms with Crippen LogP contribution >= 0.6 is 0 Å². The van der Waals surface area contributed by atoms with E-state index in [1.807, 2.05) is 50.2 Å². The third-order valence-electron chi connectivity index (χ3n) is 3.59. The zero-order valence-corrected chi connectivity index (χ0v) is 13.5. The smallest absolute Gasteiger partial charge is 0.244 e. The first-order valence-corrected chi connectivity index (χ1v) is 7.57. The second-order valence-electron chi connectivity index (χ2n) is 5.60. The first-order chi connectivity index (χ1) is 11.0. The second-order valence-corrected chi connectivity index (χ2v) is 5.60. The first kappa shape index (κ1) is 16.7. The van der Waals surface area contributed by atoms with E-state index in [-0.39, 0.29) is 18.9 Å². The number of carbonyl (C=O) groups excluding carboxylic acids is 2. The Balaban J connectivity index is 2.10. The van der Waals surface area contributed by atoms with Crippen LogP contribution in [0.2, 0.25) is 0 Å². The molecule has 122 valence electrons. The van der Waals surface area contributed by atoms with Crippen LogP contribution in [-0.2, 0) is 22.7 Å². The van der Waals surface area contributed by atoms with Crippen LogP contribution in [0, 0.1) is 13.8 Å². The van der Waals surface area contributed by atoms with Crippen molar-refractivity contribution in [3.8, 4) is 0 Å². The molecule has 1 heterocycles. The summed E-state index contributed by atoms with van der Waals surface area (Å²) in [6.45, 7) is 4.72. The van der Waals surface area contributed by atoms with Crippen molar-refractivity contribution in [3.63, 3.8) is 0 Å². The number of aryl methyl sites for hydroxylation is 2. The number of amides is 2. The predicted molar refractivity (Wildman–Crippen MR) is 87.4 cm³/mol. The van der Waals surface area contributed by atoms with Crippen LogP contribution in [0.3, 0.4) is 0 Å². The van der Waals surface area contributed by atoms with Gasteiger partial charge in [-0.1, -0.05) is 30.3 Å². The van der Waals surface area contributed by atoms with Gasteiger partial charge in [0.2, 0.25) is 11.8 Å². The summed E-state index contributed by atoms with van der Waals surface area (Å²) in [5.41, 5.74) is 8.04. The minimum Gasteiger partial charge on any atom is -0.370 e. The Morgan fingerprint density at radius 2 is 1.91 bits per heavy atom. The van der Waals surface area contributed by atoms with Gasteiger partial charge in [-0.2, -0.15) is 5.10 Å². The molecule has 0 fully saturated rings. The molecular formula is C17H22N4O2. The summed E-state index contributed by atoms with van der Waals surface area (Å²) in [6, 6.07) is 11.6. The lowest BCUT2D eigenvalue weighted by molar-refractivity contribution is -0.133. The van der Waals surface area contributed by atoms with Gasteiger partial charge in [-0.3, -0.25) is 14.3 Å². The Kier molecular flexibility index (Phi) is 5.51. The molecule has 0 aliphatic rings. The first-order valence-electron chi connectivity index (χ1n) is 7.57. The van der Waals surface area contributed by atoms with Gasteiger partial charge in [0.05, 0.1) is 5.69 Å². The number of primary amides is 1. The number of rotatable bonds is 7. The minimum absolute atomic E-state index is 0.0821. The molecule has 0 saturated carbocycles. The highest BCUT2D eigenvalue weighted by molar-refractivity contribution is 5.78. The average Bonchev–Trinajstić information content (AvgIpc) is 2.82. The molecule has 0 unspecified atom stereocenters. The number of nitrogens with two attached hydrogens (primary N) is 1. The number of hydrogen-bond acceptors (Lipinski definition) is 3. The number of nitrogens with zero attached hydrogens (tertiary/aromatic N) is 3. The number of aromatic nitrogens is 2. The fraction of sp³-hybridized carbons (Fsp3) is 0.353. The van der Waals surface area contributed by atoms with E-state index >= 15 is 0 Å². The molecule has 0 saturated heterocycles. The van der Waals surface area contributed by atoms with Gasteiger partial charge in [-0.15, -0.1) is 0 Å². The van der Waals surface area contributed by atoms with E-state index < -0.39 is 5.91 Å². The standard InChI is InChI=1S/C17H22N4O2/c1-13-10-14(2)21(19-13)12-17(23)20(9-8-16(18)22)11-15-6-4-3-5-7-15/h3-7,10H,8-9,11-12H2,1-2H3,(H2,18,22). The molecule has 0 spiro atoms. The third-order valence-corrected chi connectivity index (χ3v) is 3.59. The highest BCUT2D eigenvalue weighted by atomic mass is 16.2. The molecule has 0 bridgehead atoms. The third kappa shape index (κ3) is 4.95. The molecule has 0 aliphatic carbocycles. The lowest BCUT2D eigenvalue weighted by atomic mass is 10.2. The minimum atomic E-state index is -0.415. The zero-order valence-electron chi connectivity index (χ0n) is 13.5. The van der Waals surface area contributed by atoms with Crippen LogP contribution in [0.5, 0.6) is 0 Å². The van der Waals surface area contributed by atoms with Gasteiger partial charge in [0.25, 0.3) is 0 Å². The van der Waals surface area contributed by atoms with E-state index in [1.165, 1.54) is 0 Å². The van der Waals surface area contributed by atoms with Crippen LogP contribution in [-0.4, -0.2) is 33.0 Å². The molecule has 1 aromatic heterocycles. The van der Waals surface area contributed by atoms with Crippen molar-refractivity contribution < 1.29 is 9.59 Å². The Labute approximate surface area is 135 Å². The van der Waals surface area contributed by atoms with Crippen molar-refractivity contribution >= 4 is 11.8 Å². The van der Waals surface area contributed by atoms with Gasteiger partial charge in [0.15, 0.2) is 0 Å². The Bertz CT molecular complexity index is 679. The summed E-state index contributed by atoms with van der Waals surface area (Å²) in [4.78, 5) is 25.3. The highest BCUT2D eigenvalue weighted by Crippen LogP contribution is 2.08. The second kappa shape index (κ2) is 7.58. The molecule has 2 amide bonds. The maximum absolute atomic E-state index is 12.6. The molecular weight excluding hydrogens is 292 g/mol. The van der Waals surface area contributed by atoms with Crippen LogP contribution < -0.4 is 5.73 Å². The van der Waals surface area contributed by atoms with Crippen molar-refractivity contribution in [2.75, 3.05) is 6.54 Å². The SMILES string of the molecule is Cc1cc(C)n(CC(=O)N(CCC(N)=O)Cc2ccccc2)n1. The van der Waals surface area contributed by atoms with E-state index in [4.69, 9.17) is 5.73 Å². The van der Waals surface area contributed by atoms with Crippen LogP contribution in [0.15, 0.2) is 36.4 Å². The number of carbonyl (C=O) groups is 2. The number of hydrogen-bond donors (Lipinski definition) is 1. The zero-order chi connectivity index (χ0) is 16.8. The van der Waals surface area contributed by atoms with Crippen LogP contribution in [0.25, 0.3) is 0 Å². The Hall–Kier alpha value is -2.63. The number of benzene rings is 1. The fourth-order valence-electron chi connectivity index (χ4n) is 2.40. The summed E-state index contributed by atoms with van der Waals surface area (Å²) in [5.74, 6) is -0.497. The predicted octanol–water partition coefficient (Wildman–Crippen LogP) is 1.40. The molecule has 2 rings (SSSR count). The largest absolute Gasteiger partial charge is 0.370 e. The quantitative estimate of drug-likeness (QED) is 0.839. The van der Waals surface area contributed by atoms with Crippen molar-refractivity contribution in [2.45, 2.75) is 33.4 Å². The van der Waals surface area contributed by atoms with Gasteiger partial charge in [0, 0.05) is 25.2 Å². The molecule has 0 atom stereocenters. The van der Waals surface area contributed by atoms with Crippen LogP contribution in [0.4, 0.5) is 0 Å². The van der Waals surface area contributed by atoms with Crippen LogP contribution in [0.1, 0.15) is 23.4 Å². The van der Waals surface area contributed by atoms with Gasteiger partial charge >= 0.3 is 0 Å². The Morgan fingerprint density at radius 1 is 1.22 bits per heavy atom. The van der Waals surface area contributed by atoms with Gasteiger partial charge < -0.3 is 10.6 Å². The molecule has 6 heteroatoms. The van der Waals surface area contributed by atoms with Gasteiger partial charge in [-0.05, 0) is 25.5 Å². The van der Waals surface area contributed by atoms with Crippen molar-refractivity contribution in [3.05, 3.63) is 53.3 Å². The molecule has 1 aromatic carbocycles. The molecule has 23 heavy (non-hydrogen) atoms. The van der Waals surface area contributed by atoms with Gasteiger partial charge in [0.1, 0.15) is 6.54 Å². The average molecular weight is 314 g/mol. The maximum atomic E-state index is 12.6. The summed E-state index contributed by atoms with van der Waals surface area (Å²) < 4.78 is 1.68. The molecule has 2 N–H and O–H groups in total. The summed E-state index contributed by atoms with van der Waals surface area (Å²) >= 11 is 0. The van der Waals surface area contributed by atoms with Crippen molar-refractivity contribution in [1.82, 2.24) is 14.7 Å². The lowest BCUT2D eigenvalue weighted by Gasteiger charge is -2.22. The summed E-state index contributed by atoms with van der Waals surface area (Å²) in [5, 5.41) is 4.31. The van der Waals surface area contributed by atoms with Crippen molar-refractivity contribution in [2.24, 2.45) is 5.73 Å². The molecule has 6 nitrogen and oxygen atoms in total. The van der Waals surface area contributed by atoms with Crippen molar-refractivity contribution in [1.29, 1.82) is 0 Å².